The third kappa shape index (κ3) is 2.66. The van der Waals surface area contributed by atoms with Crippen molar-refractivity contribution in [3.05, 3.63) is 53.5 Å². The number of para-hydroxylation sites is 2. The molecule has 0 spiro atoms. The Hall–Kier alpha value is -2.36. The maximum atomic E-state index is 12.4. The number of aromatic nitrogens is 2. The van der Waals surface area contributed by atoms with Gasteiger partial charge < -0.3 is 0 Å². The van der Waals surface area contributed by atoms with E-state index in [1.807, 2.05) is 22.9 Å². The largest absolute Gasteiger partial charge is 0.294 e. The van der Waals surface area contributed by atoms with Gasteiger partial charge in [-0.05, 0) is 24.3 Å². The molecule has 0 aliphatic carbocycles. The zero-order chi connectivity index (χ0) is 16.7. The fourth-order valence-corrected chi connectivity index (χ4v) is 5.25. The van der Waals surface area contributed by atoms with E-state index in [0.29, 0.717) is 11.0 Å². The van der Waals surface area contributed by atoms with E-state index < -0.39 is 15.9 Å². The Balaban J connectivity index is 1.66. The Labute approximate surface area is 144 Å². The second-order valence-electron chi connectivity index (χ2n) is 4.87. The maximum absolute atomic E-state index is 12.4. The van der Waals surface area contributed by atoms with E-state index in [2.05, 4.69) is 9.97 Å². The second-order valence-corrected chi connectivity index (χ2v) is 8.79. The number of hydrogen-bond acceptors (Lipinski definition) is 7. The van der Waals surface area contributed by atoms with Gasteiger partial charge in [0.2, 0.25) is 4.34 Å². The molecule has 0 fully saturated rings. The van der Waals surface area contributed by atoms with Crippen LogP contribution >= 0.6 is 22.7 Å². The summed E-state index contributed by atoms with van der Waals surface area (Å²) in [6.45, 7) is 0. The predicted molar refractivity (Wildman–Crippen MR) is 93.9 cm³/mol. The normalized spacial score (nSPS) is 11.8. The third-order valence-electron chi connectivity index (χ3n) is 3.22. The van der Waals surface area contributed by atoms with Crippen LogP contribution in [-0.2, 0) is 10.0 Å². The number of amides is 1. The quantitative estimate of drug-likeness (QED) is 0.594. The molecule has 2 aromatic carbocycles. The van der Waals surface area contributed by atoms with Crippen molar-refractivity contribution in [2.24, 2.45) is 0 Å². The van der Waals surface area contributed by atoms with Gasteiger partial charge in [0.05, 0.1) is 20.4 Å². The molecular weight excluding hydrogens is 366 g/mol. The summed E-state index contributed by atoms with van der Waals surface area (Å²) >= 11 is 2.16. The highest BCUT2D eigenvalue weighted by Crippen LogP contribution is 2.26. The second kappa shape index (κ2) is 5.62. The summed E-state index contributed by atoms with van der Waals surface area (Å²) in [5.41, 5.74) is 1.24. The highest BCUT2D eigenvalue weighted by molar-refractivity contribution is 7.92. The molecule has 0 aliphatic heterocycles. The molecule has 0 bridgehead atoms. The number of carbonyl (C=O) groups excluding carboxylic acids is 1. The van der Waals surface area contributed by atoms with Gasteiger partial charge in [-0.25, -0.2) is 14.7 Å². The van der Waals surface area contributed by atoms with Crippen LogP contribution in [0.15, 0.2) is 52.9 Å². The van der Waals surface area contributed by atoms with Gasteiger partial charge in [-0.3, -0.25) is 4.79 Å². The van der Waals surface area contributed by atoms with Crippen molar-refractivity contribution >= 4 is 59.0 Å². The number of rotatable bonds is 3. The van der Waals surface area contributed by atoms with Gasteiger partial charge in [0.15, 0.2) is 5.01 Å². The smallest absolute Gasteiger partial charge is 0.265 e. The van der Waals surface area contributed by atoms with Crippen LogP contribution in [0.25, 0.3) is 20.4 Å². The first kappa shape index (κ1) is 15.2. The number of fused-ring (bicyclic) bond motifs is 2. The van der Waals surface area contributed by atoms with Crippen molar-refractivity contribution in [3.8, 4) is 0 Å². The lowest BCUT2D eigenvalue weighted by Crippen LogP contribution is -2.30. The van der Waals surface area contributed by atoms with Crippen LogP contribution in [-0.4, -0.2) is 24.3 Å². The van der Waals surface area contributed by atoms with E-state index in [1.165, 1.54) is 0 Å². The number of nitrogens with one attached hydrogen (secondary N) is 1. The summed E-state index contributed by atoms with van der Waals surface area (Å²) < 4.78 is 28.2. The Morgan fingerprint density at radius 2 is 1.46 bits per heavy atom. The summed E-state index contributed by atoms with van der Waals surface area (Å²) in [5.74, 6) is -0.754. The monoisotopic (exact) mass is 375 g/mol. The molecule has 1 N–H and O–H groups in total. The number of thiazole rings is 2. The maximum Gasteiger partial charge on any atom is 0.294 e. The minimum atomic E-state index is -4.03. The molecule has 24 heavy (non-hydrogen) atoms. The molecule has 9 heteroatoms. The Morgan fingerprint density at radius 1 is 0.875 bits per heavy atom. The molecule has 0 radical (unpaired) electrons. The van der Waals surface area contributed by atoms with E-state index in [1.54, 1.807) is 30.3 Å². The van der Waals surface area contributed by atoms with E-state index >= 15 is 0 Å². The van der Waals surface area contributed by atoms with Crippen molar-refractivity contribution in [3.63, 3.8) is 0 Å². The molecule has 6 nitrogen and oxygen atoms in total. The van der Waals surface area contributed by atoms with Crippen LogP contribution in [0.1, 0.15) is 9.80 Å². The predicted octanol–water partition coefficient (Wildman–Crippen LogP) is 3.02. The number of nitrogens with zero attached hydrogens (tertiary/aromatic N) is 2. The van der Waals surface area contributed by atoms with Crippen LogP contribution in [0.5, 0.6) is 0 Å². The molecule has 1 amide bonds. The summed E-state index contributed by atoms with van der Waals surface area (Å²) in [6, 6.07) is 14.3. The van der Waals surface area contributed by atoms with Gasteiger partial charge >= 0.3 is 0 Å². The fourth-order valence-electron chi connectivity index (χ4n) is 2.14. The van der Waals surface area contributed by atoms with E-state index in [4.69, 9.17) is 0 Å². The molecule has 0 atom stereocenters. The molecule has 0 unspecified atom stereocenters. The van der Waals surface area contributed by atoms with Gasteiger partial charge in [-0.15, -0.1) is 22.7 Å². The molecule has 0 saturated carbocycles. The van der Waals surface area contributed by atoms with Crippen LogP contribution in [0.3, 0.4) is 0 Å². The summed E-state index contributed by atoms with van der Waals surface area (Å²) in [7, 11) is -4.03. The van der Waals surface area contributed by atoms with Gasteiger partial charge in [0.25, 0.3) is 15.9 Å². The zero-order valence-corrected chi connectivity index (χ0v) is 14.4. The average Bonchev–Trinajstić information content (AvgIpc) is 3.18. The molecule has 2 aromatic heterocycles. The molecule has 4 rings (SSSR count). The molecule has 4 aromatic rings. The minimum Gasteiger partial charge on any atom is -0.265 e. The van der Waals surface area contributed by atoms with Gasteiger partial charge in [-0.1, -0.05) is 24.3 Å². The summed E-state index contributed by atoms with van der Waals surface area (Å²) in [5, 5.41) is 0.0980. The van der Waals surface area contributed by atoms with Gasteiger partial charge in [0, 0.05) is 0 Å². The SMILES string of the molecule is O=C(NS(=O)(=O)c1nc2ccccc2s1)c1nc2ccccc2s1. The van der Waals surface area contributed by atoms with E-state index in [0.717, 1.165) is 32.1 Å². The Kier molecular flexibility index (Phi) is 3.56. The molecule has 0 saturated heterocycles. The van der Waals surface area contributed by atoms with Crippen LogP contribution in [0.4, 0.5) is 0 Å². The Bertz CT molecular complexity index is 1110. The number of carbonyl (C=O) groups is 1. The van der Waals surface area contributed by atoms with E-state index in [9.17, 15) is 13.2 Å². The first-order chi connectivity index (χ1) is 11.5. The molecule has 0 aliphatic rings. The summed E-state index contributed by atoms with van der Waals surface area (Å²) in [6.07, 6.45) is 0. The number of benzene rings is 2. The standard InChI is InChI=1S/C15H9N3O3S3/c19-13(14-16-9-5-1-3-7-11(9)22-14)18-24(20,21)15-17-10-6-2-4-8-12(10)23-15/h1-8H,(H,18,19). The number of sulfonamides is 1. The lowest BCUT2D eigenvalue weighted by Gasteiger charge is -2.00. The first-order valence-electron chi connectivity index (χ1n) is 6.81. The molecule has 120 valence electrons. The highest BCUT2D eigenvalue weighted by Gasteiger charge is 2.24. The van der Waals surface area contributed by atoms with Crippen molar-refractivity contribution in [1.82, 2.24) is 14.7 Å². The van der Waals surface area contributed by atoms with Crippen molar-refractivity contribution in [2.75, 3.05) is 0 Å². The van der Waals surface area contributed by atoms with Crippen LogP contribution in [0, 0.1) is 0 Å². The van der Waals surface area contributed by atoms with Crippen molar-refractivity contribution in [2.45, 2.75) is 4.34 Å². The third-order valence-corrected chi connectivity index (χ3v) is 7.00. The highest BCUT2D eigenvalue weighted by atomic mass is 32.2. The molecule has 2 heterocycles. The minimum absolute atomic E-state index is 0.0980. The fraction of sp³-hybridized carbons (Fsp3) is 0. The van der Waals surface area contributed by atoms with Crippen LogP contribution < -0.4 is 4.72 Å². The van der Waals surface area contributed by atoms with Crippen LogP contribution in [0.2, 0.25) is 0 Å². The lowest BCUT2D eigenvalue weighted by atomic mass is 10.3. The Morgan fingerprint density at radius 3 is 2.08 bits per heavy atom. The van der Waals surface area contributed by atoms with Gasteiger partial charge in [-0.2, -0.15) is 8.42 Å². The topological polar surface area (TPSA) is 89.0 Å². The first-order valence-corrected chi connectivity index (χ1v) is 9.93. The number of hydrogen-bond donors (Lipinski definition) is 1. The summed E-state index contributed by atoms with van der Waals surface area (Å²) in [4.78, 5) is 20.5. The molecular formula is C15H9N3O3S3. The lowest BCUT2D eigenvalue weighted by molar-refractivity contribution is 0.0981. The van der Waals surface area contributed by atoms with Crippen molar-refractivity contribution in [1.29, 1.82) is 0 Å². The average molecular weight is 375 g/mol. The van der Waals surface area contributed by atoms with Gasteiger partial charge in [0.1, 0.15) is 0 Å². The van der Waals surface area contributed by atoms with E-state index in [-0.39, 0.29) is 9.35 Å². The zero-order valence-electron chi connectivity index (χ0n) is 12.0. The van der Waals surface area contributed by atoms with Crippen molar-refractivity contribution < 1.29 is 13.2 Å².